The molecule has 0 heterocycles. The van der Waals surface area contributed by atoms with Crippen molar-refractivity contribution in [3.05, 3.63) is 41.5 Å². The molecule has 2 aliphatic rings. The van der Waals surface area contributed by atoms with E-state index in [0.717, 1.165) is 31.7 Å². The summed E-state index contributed by atoms with van der Waals surface area (Å²) in [6.07, 6.45) is 7.04. The van der Waals surface area contributed by atoms with Gasteiger partial charge in [0.05, 0.1) is 5.41 Å². The highest BCUT2D eigenvalue weighted by molar-refractivity contribution is 5.73. The second kappa shape index (κ2) is 8.57. The van der Waals surface area contributed by atoms with E-state index in [-0.39, 0.29) is 0 Å². The van der Waals surface area contributed by atoms with Gasteiger partial charge in [-0.2, -0.15) is 0 Å². The molecule has 0 aliphatic heterocycles. The van der Waals surface area contributed by atoms with E-state index in [0.29, 0.717) is 24.5 Å². The van der Waals surface area contributed by atoms with Gasteiger partial charge in [-0.15, -0.1) is 0 Å². The van der Waals surface area contributed by atoms with Crippen LogP contribution in [0.4, 0.5) is 0 Å². The third-order valence-corrected chi connectivity index (χ3v) is 6.14. The fourth-order valence-electron chi connectivity index (χ4n) is 3.93. The van der Waals surface area contributed by atoms with Crippen molar-refractivity contribution in [1.82, 2.24) is 10.6 Å². The van der Waals surface area contributed by atoms with Gasteiger partial charge < -0.3 is 15.7 Å². The molecule has 0 unspecified atom stereocenters. The number of aliphatic carboxylic acids is 1. The van der Waals surface area contributed by atoms with E-state index in [1.165, 1.54) is 12.0 Å². The molecule has 2 fully saturated rings. The van der Waals surface area contributed by atoms with Crippen LogP contribution in [0.3, 0.4) is 0 Å². The largest absolute Gasteiger partial charge is 0.481 e. The number of benzene rings is 1. The fraction of sp³-hybridized carbons (Fsp3) is 0.609. The van der Waals surface area contributed by atoms with Crippen molar-refractivity contribution in [2.75, 3.05) is 13.1 Å². The molecule has 3 N–H and O–H groups in total. The normalized spacial score (nSPS) is 27.9. The Kier molecular flexibility index (Phi) is 6.38. The Bertz CT molecular complexity index is 662. The van der Waals surface area contributed by atoms with Crippen molar-refractivity contribution in [2.45, 2.75) is 58.5 Å². The summed E-state index contributed by atoms with van der Waals surface area (Å²) >= 11 is 0. The summed E-state index contributed by atoms with van der Waals surface area (Å²) in [5.74, 6) is 0.683. The van der Waals surface area contributed by atoms with E-state index in [1.807, 2.05) is 0 Å². The first-order chi connectivity index (χ1) is 12.9. The van der Waals surface area contributed by atoms with Crippen LogP contribution in [-0.4, -0.2) is 36.2 Å². The molecule has 0 amide bonds. The number of hydrogen-bond acceptors (Lipinski definition) is 3. The van der Waals surface area contributed by atoms with E-state index in [1.54, 1.807) is 19.4 Å². The third kappa shape index (κ3) is 5.43. The smallest absolute Gasteiger partial charge is 0.310 e. The van der Waals surface area contributed by atoms with Gasteiger partial charge in [-0.25, -0.2) is 0 Å². The number of carboxylic acids is 1. The molecule has 27 heavy (non-hydrogen) atoms. The second-order valence-corrected chi connectivity index (χ2v) is 8.94. The van der Waals surface area contributed by atoms with Crippen molar-refractivity contribution in [3.8, 4) is 0 Å². The van der Waals surface area contributed by atoms with Crippen molar-refractivity contribution in [2.24, 2.45) is 17.3 Å². The van der Waals surface area contributed by atoms with Gasteiger partial charge in [0.15, 0.2) is 0 Å². The lowest BCUT2D eigenvalue weighted by atomic mass is 9.79. The SMILES string of the molecule is CC/C(=C\c1ccccc1)[C@@H]1C[C@H]1NC[C@H]1C[C@H](NCC(C)(C)C(=O)O)C1. The van der Waals surface area contributed by atoms with Crippen molar-refractivity contribution in [3.63, 3.8) is 0 Å². The van der Waals surface area contributed by atoms with Crippen LogP contribution in [-0.2, 0) is 4.79 Å². The first kappa shape index (κ1) is 20.1. The molecule has 0 spiro atoms. The van der Waals surface area contributed by atoms with E-state index in [9.17, 15) is 9.90 Å². The first-order valence-corrected chi connectivity index (χ1v) is 10.3. The minimum absolute atomic E-state index is 0.481. The number of hydrogen-bond donors (Lipinski definition) is 3. The summed E-state index contributed by atoms with van der Waals surface area (Å²) in [6, 6.07) is 11.7. The Balaban J connectivity index is 1.35. The van der Waals surface area contributed by atoms with Crippen LogP contribution in [0.2, 0.25) is 0 Å². The van der Waals surface area contributed by atoms with Crippen LogP contribution in [0.1, 0.15) is 52.0 Å². The van der Waals surface area contributed by atoms with Gasteiger partial charge in [0, 0.05) is 18.6 Å². The molecule has 4 nitrogen and oxygen atoms in total. The van der Waals surface area contributed by atoms with Gasteiger partial charge in [-0.1, -0.05) is 48.9 Å². The quantitative estimate of drug-likeness (QED) is 0.584. The molecular weight excluding hydrogens is 336 g/mol. The highest BCUT2D eigenvalue weighted by atomic mass is 16.4. The molecule has 2 aliphatic carbocycles. The predicted octanol–water partition coefficient (Wildman–Crippen LogP) is 3.94. The molecule has 2 atom stereocenters. The van der Waals surface area contributed by atoms with Gasteiger partial charge in [-0.3, -0.25) is 4.79 Å². The summed E-state index contributed by atoms with van der Waals surface area (Å²) in [4.78, 5) is 11.2. The molecule has 0 radical (unpaired) electrons. The highest BCUT2D eigenvalue weighted by Gasteiger charge is 2.40. The maximum absolute atomic E-state index is 11.2. The molecule has 0 bridgehead atoms. The number of carbonyl (C=O) groups is 1. The third-order valence-electron chi connectivity index (χ3n) is 6.14. The van der Waals surface area contributed by atoms with Crippen molar-refractivity contribution >= 4 is 12.0 Å². The molecule has 148 valence electrons. The molecule has 4 heteroatoms. The zero-order valence-electron chi connectivity index (χ0n) is 16.9. The Morgan fingerprint density at radius 3 is 2.52 bits per heavy atom. The van der Waals surface area contributed by atoms with Crippen LogP contribution >= 0.6 is 0 Å². The number of rotatable bonds is 10. The van der Waals surface area contributed by atoms with Crippen molar-refractivity contribution in [1.29, 1.82) is 0 Å². The lowest BCUT2D eigenvalue weighted by Crippen LogP contribution is -2.49. The Morgan fingerprint density at radius 1 is 1.19 bits per heavy atom. The van der Waals surface area contributed by atoms with Gasteiger partial charge in [0.25, 0.3) is 0 Å². The van der Waals surface area contributed by atoms with Crippen LogP contribution < -0.4 is 10.6 Å². The Hall–Kier alpha value is -1.65. The monoisotopic (exact) mass is 370 g/mol. The topological polar surface area (TPSA) is 61.4 Å². The summed E-state index contributed by atoms with van der Waals surface area (Å²) in [5.41, 5.74) is 2.17. The van der Waals surface area contributed by atoms with Gasteiger partial charge in [-0.05, 0) is 63.5 Å². The molecule has 1 aromatic rings. The minimum atomic E-state index is -0.734. The standard InChI is InChI=1S/C23H34N2O2/c1-4-18(10-16-8-6-5-7-9-16)20-13-21(20)24-14-17-11-19(12-17)25-15-23(2,3)22(26)27/h5-10,17,19-21,24-25H,4,11-15H2,1-3H3,(H,26,27)/b18-10+/t17-,19-,20-,21+/m0/s1. The summed E-state index contributed by atoms with van der Waals surface area (Å²) in [5, 5.41) is 16.4. The highest BCUT2D eigenvalue weighted by Crippen LogP contribution is 2.40. The van der Waals surface area contributed by atoms with Crippen molar-refractivity contribution < 1.29 is 9.90 Å². The number of nitrogens with one attached hydrogen (secondary N) is 2. The summed E-state index contributed by atoms with van der Waals surface area (Å²) < 4.78 is 0. The van der Waals surface area contributed by atoms with Crippen LogP contribution in [0.15, 0.2) is 35.9 Å². The van der Waals surface area contributed by atoms with Gasteiger partial charge in [0.2, 0.25) is 0 Å². The van der Waals surface area contributed by atoms with Crippen LogP contribution in [0.25, 0.3) is 6.08 Å². The Morgan fingerprint density at radius 2 is 1.89 bits per heavy atom. The minimum Gasteiger partial charge on any atom is -0.481 e. The first-order valence-electron chi connectivity index (χ1n) is 10.3. The van der Waals surface area contributed by atoms with E-state index >= 15 is 0 Å². The van der Waals surface area contributed by atoms with E-state index < -0.39 is 11.4 Å². The second-order valence-electron chi connectivity index (χ2n) is 8.94. The lowest BCUT2D eigenvalue weighted by Gasteiger charge is -2.37. The lowest BCUT2D eigenvalue weighted by molar-refractivity contribution is -0.146. The maximum atomic E-state index is 11.2. The van der Waals surface area contributed by atoms with Crippen LogP contribution in [0.5, 0.6) is 0 Å². The van der Waals surface area contributed by atoms with E-state index in [4.69, 9.17) is 0 Å². The van der Waals surface area contributed by atoms with Gasteiger partial charge in [0.1, 0.15) is 0 Å². The average Bonchev–Trinajstić information content (AvgIpc) is 3.38. The average molecular weight is 371 g/mol. The molecular formula is C23H34N2O2. The molecule has 0 saturated heterocycles. The number of carboxylic acid groups (broad SMARTS) is 1. The molecule has 1 aromatic carbocycles. The summed E-state index contributed by atoms with van der Waals surface area (Å²) in [6.45, 7) is 7.44. The van der Waals surface area contributed by atoms with E-state index in [2.05, 4.69) is 54.0 Å². The fourth-order valence-corrected chi connectivity index (χ4v) is 3.93. The molecule has 2 saturated carbocycles. The zero-order chi connectivity index (χ0) is 19.4. The summed E-state index contributed by atoms with van der Waals surface area (Å²) in [7, 11) is 0. The molecule has 0 aromatic heterocycles. The zero-order valence-corrected chi connectivity index (χ0v) is 16.9. The predicted molar refractivity (Wildman–Crippen MR) is 111 cm³/mol. The maximum Gasteiger partial charge on any atom is 0.310 e. The van der Waals surface area contributed by atoms with Gasteiger partial charge >= 0.3 is 5.97 Å². The molecule has 3 rings (SSSR count). The Labute approximate surface area is 163 Å². The van der Waals surface area contributed by atoms with Crippen LogP contribution in [0, 0.1) is 17.3 Å².